The van der Waals surface area contributed by atoms with Gasteiger partial charge < -0.3 is 11.1 Å². The molecular formula is C13H11ClF3N3OS. The lowest BCUT2D eigenvalue weighted by atomic mass is 10.2. The van der Waals surface area contributed by atoms with E-state index in [2.05, 4.69) is 10.3 Å². The molecule has 2 rings (SSSR count). The second-order valence-electron chi connectivity index (χ2n) is 4.50. The van der Waals surface area contributed by atoms with E-state index in [1.165, 1.54) is 12.3 Å². The highest BCUT2D eigenvalue weighted by atomic mass is 35.5. The molecule has 1 aromatic carbocycles. The van der Waals surface area contributed by atoms with Crippen molar-refractivity contribution in [2.24, 2.45) is 5.73 Å². The Bertz CT molecular complexity index is 700. The number of aromatic nitrogens is 1. The van der Waals surface area contributed by atoms with Gasteiger partial charge in [0.05, 0.1) is 22.8 Å². The molecule has 1 amide bonds. The number of halogens is 4. The van der Waals surface area contributed by atoms with Gasteiger partial charge in [-0.2, -0.15) is 13.2 Å². The molecule has 9 heteroatoms. The Morgan fingerprint density at radius 1 is 1.45 bits per heavy atom. The lowest BCUT2D eigenvalue weighted by Crippen LogP contribution is -2.12. The number of carbonyl (C=O) groups is 1. The summed E-state index contributed by atoms with van der Waals surface area (Å²) in [5.41, 5.74) is 4.63. The van der Waals surface area contributed by atoms with Crippen molar-refractivity contribution < 1.29 is 18.0 Å². The van der Waals surface area contributed by atoms with E-state index >= 15 is 0 Å². The van der Waals surface area contributed by atoms with Gasteiger partial charge in [0.1, 0.15) is 9.88 Å². The summed E-state index contributed by atoms with van der Waals surface area (Å²) in [5, 5.41) is 2.52. The van der Waals surface area contributed by atoms with Crippen LogP contribution in [0.5, 0.6) is 0 Å². The minimum atomic E-state index is -4.59. The maximum absolute atomic E-state index is 12.8. The number of nitrogens with two attached hydrogens (primary N) is 1. The number of alkyl halides is 3. The summed E-state index contributed by atoms with van der Waals surface area (Å²) in [5.74, 6) is -0.556. The van der Waals surface area contributed by atoms with Crippen LogP contribution in [0.25, 0.3) is 0 Å². The van der Waals surface area contributed by atoms with E-state index in [-0.39, 0.29) is 16.6 Å². The van der Waals surface area contributed by atoms with Crippen LogP contribution in [-0.4, -0.2) is 10.9 Å². The van der Waals surface area contributed by atoms with Gasteiger partial charge in [-0.1, -0.05) is 11.6 Å². The molecule has 0 aliphatic heterocycles. The first-order chi connectivity index (χ1) is 10.2. The lowest BCUT2D eigenvalue weighted by Gasteiger charge is -2.11. The average Bonchev–Trinajstić information content (AvgIpc) is 2.89. The summed E-state index contributed by atoms with van der Waals surface area (Å²) in [6.07, 6.45) is -3.26. The van der Waals surface area contributed by atoms with Crippen LogP contribution in [0.1, 0.15) is 33.2 Å². The molecule has 0 saturated carbocycles. The number of hydrogen-bond acceptors (Lipinski definition) is 4. The van der Waals surface area contributed by atoms with Crippen LogP contribution in [0.4, 0.5) is 18.9 Å². The number of nitrogens with one attached hydrogen (secondary N) is 1. The van der Waals surface area contributed by atoms with Crippen molar-refractivity contribution in [3.8, 4) is 0 Å². The van der Waals surface area contributed by atoms with Crippen LogP contribution in [0.3, 0.4) is 0 Å². The van der Waals surface area contributed by atoms with E-state index in [0.29, 0.717) is 5.01 Å². The number of carbonyl (C=O) groups excluding carboxylic acids is 1. The van der Waals surface area contributed by atoms with Crippen molar-refractivity contribution >= 4 is 34.5 Å². The molecule has 0 saturated heterocycles. The Labute approximate surface area is 133 Å². The molecule has 0 bridgehead atoms. The minimum Gasteiger partial charge on any atom is -0.322 e. The minimum absolute atomic E-state index is 0.00234. The molecule has 2 aromatic rings. The van der Waals surface area contributed by atoms with Crippen LogP contribution in [0.15, 0.2) is 24.4 Å². The molecule has 22 heavy (non-hydrogen) atoms. The third kappa shape index (κ3) is 3.76. The smallest absolute Gasteiger partial charge is 0.322 e. The van der Waals surface area contributed by atoms with Gasteiger partial charge in [-0.05, 0) is 25.1 Å². The fraction of sp³-hybridized carbons (Fsp3) is 0.231. The van der Waals surface area contributed by atoms with Crippen LogP contribution in [0, 0.1) is 0 Å². The summed E-state index contributed by atoms with van der Waals surface area (Å²) in [6.45, 7) is 1.72. The van der Waals surface area contributed by atoms with Crippen LogP contribution in [0.2, 0.25) is 5.02 Å². The first-order valence-electron chi connectivity index (χ1n) is 6.08. The van der Waals surface area contributed by atoms with E-state index in [9.17, 15) is 18.0 Å². The molecule has 1 heterocycles. The van der Waals surface area contributed by atoms with Gasteiger partial charge in [0.2, 0.25) is 0 Å². The Hall–Kier alpha value is -1.64. The number of rotatable bonds is 3. The molecule has 0 spiro atoms. The summed E-state index contributed by atoms with van der Waals surface area (Å²) >= 11 is 6.60. The SMILES string of the molecule is C[C@H](N)c1ncc(C(=O)Nc2ccc(Cl)c(C(F)(F)F)c2)s1. The van der Waals surface area contributed by atoms with Gasteiger partial charge in [0.25, 0.3) is 5.91 Å². The van der Waals surface area contributed by atoms with Gasteiger partial charge in [0.15, 0.2) is 0 Å². The van der Waals surface area contributed by atoms with Crippen LogP contribution in [-0.2, 0) is 6.18 Å². The topological polar surface area (TPSA) is 68.0 Å². The summed E-state index contributed by atoms with van der Waals surface area (Å²) < 4.78 is 38.3. The monoisotopic (exact) mass is 349 g/mol. The third-order valence-corrected chi connectivity index (χ3v) is 4.19. The summed E-state index contributed by atoms with van der Waals surface area (Å²) in [4.78, 5) is 16.2. The van der Waals surface area contributed by atoms with Gasteiger partial charge in [0, 0.05) is 5.69 Å². The standard InChI is InChI=1S/C13H11ClF3N3OS/c1-6(18)12-19-5-10(22-12)11(21)20-7-2-3-9(14)8(4-7)13(15,16)17/h2-6H,18H2,1H3,(H,20,21)/t6-/m0/s1. The highest BCUT2D eigenvalue weighted by Gasteiger charge is 2.33. The quantitative estimate of drug-likeness (QED) is 0.877. The van der Waals surface area contributed by atoms with Gasteiger partial charge in [-0.15, -0.1) is 11.3 Å². The Morgan fingerprint density at radius 3 is 2.68 bits per heavy atom. The highest BCUT2D eigenvalue weighted by Crippen LogP contribution is 2.36. The second kappa shape index (κ2) is 6.23. The summed E-state index contributed by atoms with van der Waals surface area (Å²) in [6, 6.07) is 2.84. The maximum Gasteiger partial charge on any atom is 0.417 e. The van der Waals surface area contributed by atoms with Crippen molar-refractivity contribution in [2.45, 2.75) is 19.1 Å². The number of amides is 1. The number of anilines is 1. The van der Waals surface area contributed by atoms with E-state index in [4.69, 9.17) is 17.3 Å². The normalized spacial score (nSPS) is 13.0. The van der Waals surface area contributed by atoms with Crippen molar-refractivity contribution in [1.82, 2.24) is 4.98 Å². The second-order valence-corrected chi connectivity index (χ2v) is 5.97. The van der Waals surface area contributed by atoms with Gasteiger partial charge in [-0.3, -0.25) is 4.79 Å². The van der Waals surface area contributed by atoms with E-state index in [1.54, 1.807) is 6.92 Å². The van der Waals surface area contributed by atoms with Crippen molar-refractivity contribution in [3.05, 3.63) is 44.9 Å². The predicted molar refractivity (Wildman–Crippen MR) is 79.1 cm³/mol. The number of hydrogen-bond donors (Lipinski definition) is 2. The Balaban J connectivity index is 2.21. The molecule has 1 atom stereocenters. The van der Waals surface area contributed by atoms with Crippen molar-refractivity contribution in [2.75, 3.05) is 5.32 Å². The number of nitrogens with zero attached hydrogens (tertiary/aromatic N) is 1. The van der Waals surface area contributed by atoms with Gasteiger partial charge in [-0.25, -0.2) is 4.98 Å². The zero-order chi connectivity index (χ0) is 16.5. The Morgan fingerprint density at radius 2 is 2.14 bits per heavy atom. The number of benzene rings is 1. The fourth-order valence-electron chi connectivity index (χ4n) is 1.62. The van der Waals surface area contributed by atoms with E-state index < -0.39 is 22.7 Å². The van der Waals surface area contributed by atoms with Gasteiger partial charge >= 0.3 is 6.18 Å². The number of thiazole rings is 1. The predicted octanol–water partition coefficient (Wildman–Crippen LogP) is 4.09. The summed E-state index contributed by atoms with van der Waals surface area (Å²) in [7, 11) is 0. The zero-order valence-corrected chi connectivity index (χ0v) is 12.8. The molecular weight excluding hydrogens is 339 g/mol. The van der Waals surface area contributed by atoms with E-state index in [0.717, 1.165) is 23.5 Å². The third-order valence-electron chi connectivity index (χ3n) is 2.67. The fourth-order valence-corrected chi connectivity index (χ4v) is 2.61. The molecule has 0 unspecified atom stereocenters. The lowest BCUT2D eigenvalue weighted by molar-refractivity contribution is -0.137. The van der Waals surface area contributed by atoms with Crippen molar-refractivity contribution in [3.63, 3.8) is 0 Å². The van der Waals surface area contributed by atoms with Crippen LogP contribution >= 0.6 is 22.9 Å². The highest BCUT2D eigenvalue weighted by molar-refractivity contribution is 7.13. The molecule has 0 radical (unpaired) electrons. The Kier molecular flexibility index (Phi) is 4.74. The molecule has 3 N–H and O–H groups in total. The first kappa shape index (κ1) is 16.7. The van der Waals surface area contributed by atoms with E-state index in [1.807, 2.05) is 0 Å². The molecule has 1 aromatic heterocycles. The molecule has 118 valence electrons. The average molecular weight is 350 g/mol. The largest absolute Gasteiger partial charge is 0.417 e. The molecule has 0 aliphatic carbocycles. The van der Waals surface area contributed by atoms with Crippen LogP contribution < -0.4 is 11.1 Å². The maximum atomic E-state index is 12.8. The molecule has 0 aliphatic rings. The zero-order valence-electron chi connectivity index (χ0n) is 11.2. The molecule has 0 fully saturated rings. The van der Waals surface area contributed by atoms with Crippen molar-refractivity contribution in [1.29, 1.82) is 0 Å². The molecule has 4 nitrogen and oxygen atoms in total. The first-order valence-corrected chi connectivity index (χ1v) is 7.27.